The molecular formula is C16H23N3O3S. The van der Waals surface area contributed by atoms with Crippen molar-refractivity contribution in [3.8, 4) is 0 Å². The van der Waals surface area contributed by atoms with E-state index in [0.717, 1.165) is 30.7 Å². The van der Waals surface area contributed by atoms with E-state index in [1.54, 1.807) is 16.2 Å². The van der Waals surface area contributed by atoms with Crippen molar-refractivity contribution in [2.45, 2.75) is 39.0 Å². The molecule has 2 aliphatic rings. The van der Waals surface area contributed by atoms with Gasteiger partial charge in [0.25, 0.3) is 0 Å². The molecule has 0 radical (unpaired) electrons. The van der Waals surface area contributed by atoms with Gasteiger partial charge in [-0.25, -0.2) is 9.78 Å². The molecule has 1 aromatic heterocycles. The normalized spacial score (nSPS) is 26.3. The van der Waals surface area contributed by atoms with E-state index >= 15 is 0 Å². The molecule has 2 atom stereocenters. The molecule has 1 aliphatic carbocycles. The number of urea groups is 1. The van der Waals surface area contributed by atoms with Crippen LogP contribution in [0.25, 0.3) is 0 Å². The number of aryl methyl sites for hydroxylation is 1. The lowest BCUT2D eigenvalue weighted by molar-refractivity contribution is -0.149. The second-order valence-electron chi connectivity index (χ2n) is 6.49. The van der Waals surface area contributed by atoms with Gasteiger partial charge in [0.1, 0.15) is 0 Å². The Kier molecular flexibility index (Phi) is 4.57. The first-order valence-electron chi connectivity index (χ1n) is 8.25. The second-order valence-corrected chi connectivity index (χ2v) is 7.69. The van der Waals surface area contributed by atoms with Gasteiger partial charge in [-0.15, -0.1) is 11.3 Å². The summed E-state index contributed by atoms with van der Waals surface area (Å²) in [6.07, 6.45) is 6.15. The van der Waals surface area contributed by atoms with Crippen molar-refractivity contribution in [1.82, 2.24) is 15.2 Å². The van der Waals surface area contributed by atoms with Gasteiger partial charge in [0, 0.05) is 37.1 Å². The number of amides is 2. The van der Waals surface area contributed by atoms with E-state index in [1.165, 1.54) is 4.88 Å². The summed E-state index contributed by atoms with van der Waals surface area (Å²) in [7, 11) is 0. The van der Waals surface area contributed by atoms with E-state index in [1.807, 2.05) is 6.20 Å². The molecule has 2 heterocycles. The summed E-state index contributed by atoms with van der Waals surface area (Å²) in [5.74, 6) is -0.637. The molecule has 1 aliphatic heterocycles. The first-order chi connectivity index (χ1) is 11.0. The van der Waals surface area contributed by atoms with Crippen molar-refractivity contribution in [1.29, 1.82) is 0 Å². The highest BCUT2D eigenvalue weighted by molar-refractivity contribution is 7.11. The monoisotopic (exact) mass is 337 g/mol. The van der Waals surface area contributed by atoms with Crippen molar-refractivity contribution in [3.63, 3.8) is 0 Å². The van der Waals surface area contributed by atoms with Crippen LogP contribution in [0.1, 0.15) is 36.1 Å². The van der Waals surface area contributed by atoms with Gasteiger partial charge in [0.05, 0.1) is 10.4 Å². The number of nitrogens with one attached hydrogen (secondary N) is 1. The summed E-state index contributed by atoms with van der Waals surface area (Å²) in [6, 6.07) is -0.146. The highest BCUT2D eigenvalue weighted by atomic mass is 32.1. The molecular weight excluding hydrogens is 314 g/mol. The third kappa shape index (κ3) is 3.06. The van der Waals surface area contributed by atoms with E-state index in [0.29, 0.717) is 26.1 Å². The SMILES string of the molecule is CCc1cnc(CCNC(=O)N2C[C@@H]3CCC[C@@]3(C(=O)O)C2)s1. The largest absolute Gasteiger partial charge is 0.481 e. The van der Waals surface area contributed by atoms with Crippen LogP contribution in [0.3, 0.4) is 0 Å². The number of hydrogen-bond acceptors (Lipinski definition) is 4. The maximum absolute atomic E-state index is 12.3. The molecule has 2 fully saturated rings. The lowest BCUT2D eigenvalue weighted by atomic mass is 9.81. The summed E-state index contributed by atoms with van der Waals surface area (Å²) in [5, 5.41) is 13.5. The molecule has 6 nitrogen and oxygen atoms in total. The number of aromatic nitrogens is 1. The number of fused-ring (bicyclic) bond motifs is 1. The predicted molar refractivity (Wildman–Crippen MR) is 87.6 cm³/mol. The summed E-state index contributed by atoms with van der Waals surface area (Å²) in [5.41, 5.74) is -0.706. The molecule has 23 heavy (non-hydrogen) atoms. The quantitative estimate of drug-likeness (QED) is 0.862. The Morgan fingerprint density at radius 1 is 1.57 bits per heavy atom. The minimum absolute atomic E-state index is 0.108. The number of carboxylic acid groups (broad SMARTS) is 1. The maximum atomic E-state index is 12.3. The highest BCUT2D eigenvalue weighted by Gasteiger charge is 2.55. The van der Waals surface area contributed by atoms with Gasteiger partial charge >= 0.3 is 12.0 Å². The average molecular weight is 337 g/mol. The first kappa shape index (κ1) is 16.2. The number of rotatable bonds is 5. The number of carboxylic acids is 1. The Morgan fingerprint density at radius 3 is 3.04 bits per heavy atom. The lowest BCUT2D eigenvalue weighted by Gasteiger charge is -2.23. The zero-order valence-electron chi connectivity index (χ0n) is 13.4. The van der Waals surface area contributed by atoms with Gasteiger partial charge in [-0.05, 0) is 25.2 Å². The Morgan fingerprint density at radius 2 is 2.39 bits per heavy atom. The maximum Gasteiger partial charge on any atom is 0.317 e. The van der Waals surface area contributed by atoms with Gasteiger partial charge < -0.3 is 15.3 Å². The standard InChI is InChI=1S/C16H23N3O3S/c1-2-12-8-18-13(23-12)5-7-17-15(22)19-9-11-4-3-6-16(11,10-19)14(20)21/h8,11H,2-7,9-10H2,1H3,(H,17,22)(H,20,21)/t11-,16+/m0/s1. The fourth-order valence-corrected chi connectivity index (χ4v) is 4.67. The van der Waals surface area contributed by atoms with Crippen LogP contribution in [-0.2, 0) is 17.6 Å². The number of hydrogen-bond donors (Lipinski definition) is 2. The van der Waals surface area contributed by atoms with Crippen LogP contribution in [0, 0.1) is 11.3 Å². The van der Waals surface area contributed by atoms with E-state index in [2.05, 4.69) is 17.2 Å². The van der Waals surface area contributed by atoms with E-state index in [-0.39, 0.29) is 11.9 Å². The predicted octanol–water partition coefficient (Wildman–Crippen LogP) is 2.14. The number of carbonyl (C=O) groups excluding carboxylic acids is 1. The van der Waals surface area contributed by atoms with E-state index < -0.39 is 11.4 Å². The molecule has 2 N–H and O–H groups in total. The fourth-order valence-electron chi connectivity index (χ4n) is 3.81. The number of likely N-dealkylation sites (tertiary alicyclic amines) is 1. The Hall–Kier alpha value is -1.63. The first-order valence-corrected chi connectivity index (χ1v) is 9.06. The number of aliphatic carboxylic acids is 1. The third-order valence-electron chi connectivity index (χ3n) is 5.15. The molecule has 0 bridgehead atoms. The van der Waals surface area contributed by atoms with Gasteiger partial charge in [0.2, 0.25) is 0 Å². The zero-order valence-corrected chi connectivity index (χ0v) is 14.2. The van der Waals surface area contributed by atoms with Crippen LogP contribution in [0.4, 0.5) is 4.79 Å². The Bertz CT molecular complexity index is 603. The highest BCUT2D eigenvalue weighted by Crippen LogP contribution is 2.48. The van der Waals surface area contributed by atoms with Gasteiger partial charge in [-0.3, -0.25) is 4.79 Å². The van der Waals surface area contributed by atoms with Gasteiger partial charge in [0.15, 0.2) is 0 Å². The lowest BCUT2D eigenvalue weighted by Crippen LogP contribution is -2.42. The van der Waals surface area contributed by atoms with E-state index in [4.69, 9.17) is 0 Å². The molecule has 3 rings (SSSR count). The molecule has 0 spiro atoms. The van der Waals surface area contributed by atoms with E-state index in [9.17, 15) is 14.7 Å². The Balaban J connectivity index is 1.50. The average Bonchev–Trinajstić information content (AvgIpc) is 3.20. The summed E-state index contributed by atoms with van der Waals surface area (Å²) >= 11 is 1.68. The van der Waals surface area contributed by atoms with Gasteiger partial charge in [-0.1, -0.05) is 13.3 Å². The topological polar surface area (TPSA) is 82.5 Å². The molecule has 1 saturated carbocycles. The van der Waals surface area contributed by atoms with Crippen molar-refractivity contribution >= 4 is 23.3 Å². The minimum atomic E-state index is -0.745. The summed E-state index contributed by atoms with van der Waals surface area (Å²) in [6.45, 7) is 3.55. The third-order valence-corrected chi connectivity index (χ3v) is 6.35. The molecule has 0 unspecified atom stereocenters. The van der Waals surface area contributed by atoms with Crippen LogP contribution >= 0.6 is 11.3 Å². The van der Waals surface area contributed by atoms with Crippen LogP contribution in [0.15, 0.2) is 6.20 Å². The number of thiazole rings is 1. The van der Waals surface area contributed by atoms with Crippen LogP contribution in [0.5, 0.6) is 0 Å². The van der Waals surface area contributed by atoms with Crippen molar-refractivity contribution in [2.75, 3.05) is 19.6 Å². The zero-order chi connectivity index (χ0) is 16.4. The summed E-state index contributed by atoms with van der Waals surface area (Å²) in [4.78, 5) is 31.2. The molecule has 1 aromatic rings. The number of carbonyl (C=O) groups is 2. The Labute approximate surface area is 139 Å². The molecule has 0 aromatic carbocycles. The molecule has 7 heteroatoms. The van der Waals surface area contributed by atoms with Crippen molar-refractivity contribution in [3.05, 3.63) is 16.1 Å². The van der Waals surface area contributed by atoms with Crippen molar-refractivity contribution in [2.24, 2.45) is 11.3 Å². The smallest absolute Gasteiger partial charge is 0.317 e. The van der Waals surface area contributed by atoms with Gasteiger partial charge in [-0.2, -0.15) is 0 Å². The fraction of sp³-hybridized carbons (Fsp3) is 0.688. The molecule has 126 valence electrons. The number of nitrogens with zero attached hydrogens (tertiary/aromatic N) is 2. The van der Waals surface area contributed by atoms with Crippen LogP contribution in [0.2, 0.25) is 0 Å². The second kappa shape index (κ2) is 6.47. The molecule has 1 saturated heterocycles. The van der Waals surface area contributed by atoms with Crippen LogP contribution < -0.4 is 5.32 Å². The minimum Gasteiger partial charge on any atom is -0.481 e. The molecule has 2 amide bonds. The summed E-state index contributed by atoms with van der Waals surface area (Å²) < 4.78 is 0. The van der Waals surface area contributed by atoms with Crippen LogP contribution in [-0.4, -0.2) is 46.6 Å². The van der Waals surface area contributed by atoms with Crippen molar-refractivity contribution < 1.29 is 14.7 Å².